The molecule has 4 N–H and O–H groups in total. The number of nitrogens with zero attached hydrogens (tertiary/aromatic N) is 4. The van der Waals surface area contributed by atoms with Crippen molar-refractivity contribution in [2.45, 2.75) is 25.7 Å². The maximum atomic E-state index is 9.18. The number of imidazole rings is 1. The Labute approximate surface area is 164 Å². The van der Waals surface area contributed by atoms with Gasteiger partial charge in [-0.1, -0.05) is 6.92 Å². The fraction of sp³-hybridized carbons (Fsp3) is 0.545. The molecular weight excluding hydrogens is 334 g/mol. The number of nitrogens with two attached hydrogens (primary N) is 1. The molecule has 0 aromatic carbocycles. The van der Waals surface area contributed by atoms with E-state index >= 15 is 0 Å². The quantitative estimate of drug-likeness (QED) is 0.648. The van der Waals surface area contributed by atoms with Gasteiger partial charge in [0.1, 0.15) is 17.7 Å². The van der Waals surface area contributed by atoms with E-state index in [9.17, 15) is 5.11 Å². The summed E-state index contributed by atoms with van der Waals surface area (Å²) in [5.41, 5.74) is 14.2. The van der Waals surface area contributed by atoms with Gasteiger partial charge in [0.2, 0.25) is 0 Å². The van der Waals surface area contributed by atoms with Gasteiger partial charge in [-0.05, 0) is 12.2 Å². The molecule has 1 saturated heterocycles. The summed E-state index contributed by atoms with van der Waals surface area (Å²) >= 11 is 0. The van der Waals surface area contributed by atoms with E-state index in [-0.39, 0.29) is 94.8 Å². The van der Waals surface area contributed by atoms with Crippen LogP contribution < -0.4 is 63.9 Å². The number of aliphatic hydroxyl groups excluding tert-OH is 1. The number of rotatable bonds is 2. The van der Waals surface area contributed by atoms with Crippen molar-refractivity contribution in [1.82, 2.24) is 19.5 Å². The van der Waals surface area contributed by atoms with Gasteiger partial charge < -0.3 is 26.3 Å². The van der Waals surface area contributed by atoms with Crippen LogP contribution in [0.1, 0.15) is 19.6 Å². The maximum Gasteiger partial charge on any atom is 1.00 e. The Morgan fingerprint density at radius 2 is 2.30 bits per heavy atom. The fourth-order valence-electron chi connectivity index (χ4n) is 2.49. The Morgan fingerprint density at radius 1 is 1.55 bits per heavy atom. The second-order valence-corrected chi connectivity index (χ2v) is 4.80. The molecule has 0 spiro atoms. The summed E-state index contributed by atoms with van der Waals surface area (Å²) in [5, 5.41) is 9.18. The molecule has 0 bridgehead atoms. The number of hydrogen-bond acceptors (Lipinski definition) is 6. The molecule has 3 heterocycles. The van der Waals surface area contributed by atoms with E-state index in [1.165, 1.54) is 0 Å². The monoisotopic (exact) mass is 348 g/mol. The topological polar surface area (TPSA) is 123 Å². The van der Waals surface area contributed by atoms with Gasteiger partial charge in [-0.25, -0.2) is 9.97 Å². The molecule has 9 heteroatoms. The molecule has 2 aromatic heterocycles. The van der Waals surface area contributed by atoms with Crippen LogP contribution in [0.25, 0.3) is 16.9 Å². The van der Waals surface area contributed by atoms with Crippen molar-refractivity contribution in [3.05, 3.63) is 12.1 Å². The normalized spacial score (nSPS) is 25.8. The maximum absolute atomic E-state index is 9.18. The molecule has 3 atom stereocenters. The second kappa shape index (κ2) is 6.33. The van der Waals surface area contributed by atoms with Crippen LogP contribution in [0.4, 0.5) is 11.8 Å². The predicted octanol–water partition coefficient (Wildman–Crippen LogP) is -1.99. The van der Waals surface area contributed by atoms with Crippen LogP contribution in [0.2, 0.25) is 0 Å². The van der Waals surface area contributed by atoms with Crippen LogP contribution in [-0.2, 0) is 4.74 Å². The molecule has 0 radical (unpaired) electrons. The Kier molecular flexibility index (Phi) is 5.14. The summed E-state index contributed by atoms with van der Waals surface area (Å²) in [6, 6.07) is 0. The minimum Gasteiger partial charge on any atom is -0.480 e. The molecule has 20 heavy (non-hydrogen) atoms. The largest absolute Gasteiger partial charge is 1.00 e. The van der Waals surface area contributed by atoms with E-state index in [1.54, 1.807) is 10.9 Å². The number of aliphatic hydroxyl groups is 1. The summed E-state index contributed by atoms with van der Waals surface area (Å²) < 4.78 is 7.52. The number of fused-ring (bicyclic) bond motifs is 1. The standard InChI is InChI=1S/C11H15N6O2.Rb/c1-5-2-6(3-18)19-10(5)17-4-14-7-8(12)15-11(13)16-9(7)17;/h4-6,10,18H,2-3H2,1H3,(H3-,12,13,15,16);/q-1;+1. The first-order valence-electron chi connectivity index (χ1n) is 6.08. The Balaban J connectivity index is 0.00000147. The van der Waals surface area contributed by atoms with Gasteiger partial charge in [0.15, 0.2) is 5.65 Å². The molecule has 8 nitrogen and oxygen atoms in total. The van der Waals surface area contributed by atoms with E-state index in [0.717, 1.165) is 6.42 Å². The Morgan fingerprint density at radius 3 is 2.95 bits per heavy atom. The fourth-order valence-corrected chi connectivity index (χ4v) is 2.49. The number of ether oxygens (including phenoxy) is 1. The number of nitrogens with one attached hydrogen (secondary N) is 1. The third-order valence-electron chi connectivity index (χ3n) is 3.37. The molecule has 1 aliphatic rings. The average molecular weight is 349 g/mol. The van der Waals surface area contributed by atoms with E-state index in [0.29, 0.717) is 11.2 Å². The van der Waals surface area contributed by atoms with Crippen LogP contribution in [0.5, 0.6) is 0 Å². The minimum atomic E-state index is -0.254. The molecule has 3 unspecified atom stereocenters. The van der Waals surface area contributed by atoms with Crippen molar-refractivity contribution >= 4 is 22.9 Å². The van der Waals surface area contributed by atoms with Crippen LogP contribution in [0, 0.1) is 5.92 Å². The van der Waals surface area contributed by atoms with Crippen LogP contribution in [0.15, 0.2) is 6.33 Å². The summed E-state index contributed by atoms with van der Waals surface area (Å²) in [5.74, 6) is 0.272. The first-order chi connectivity index (χ1) is 9.10. The Hall–Kier alpha value is -0.125. The van der Waals surface area contributed by atoms with Gasteiger partial charge in [0.25, 0.3) is 0 Å². The zero-order chi connectivity index (χ0) is 13.6. The number of hydrogen-bond donors (Lipinski definition) is 2. The molecule has 1 aliphatic heterocycles. The predicted molar refractivity (Wildman–Crippen MR) is 68.5 cm³/mol. The smallest absolute Gasteiger partial charge is 0.480 e. The van der Waals surface area contributed by atoms with Crippen molar-refractivity contribution < 1.29 is 68.0 Å². The van der Waals surface area contributed by atoms with E-state index < -0.39 is 0 Å². The van der Waals surface area contributed by atoms with E-state index in [1.807, 2.05) is 6.92 Å². The number of nitrogen functional groups attached to an aromatic ring is 1. The second-order valence-electron chi connectivity index (χ2n) is 4.80. The van der Waals surface area contributed by atoms with Crippen LogP contribution in [0.3, 0.4) is 0 Å². The van der Waals surface area contributed by atoms with Crippen LogP contribution >= 0.6 is 0 Å². The third-order valence-corrected chi connectivity index (χ3v) is 3.37. The van der Waals surface area contributed by atoms with Crippen molar-refractivity contribution in [3.8, 4) is 0 Å². The van der Waals surface area contributed by atoms with Crippen LogP contribution in [-0.4, -0.2) is 37.3 Å². The number of aromatic nitrogens is 4. The summed E-state index contributed by atoms with van der Waals surface area (Å²) in [6.07, 6.45) is 1.93. The first kappa shape index (κ1) is 16.2. The molecule has 0 amide bonds. The molecule has 0 saturated carbocycles. The molecule has 2 aromatic rings. The Bertz CT molecular complexity index is 618. The summed E-state index contributed by atoms with van der Waals surface area (Å²) in [4.78, 5) is 12.0. The average Bonchev–Trinajstić information content (AvgIpc) is 2.92. The van der Waals surface area contributed by atoms with Crippen molar-refractivity contribution in [2.24, 2.45) is 5.92 Å². The van der Waals surface area contributed by atoms with Gasteiger partial charge in [0, 0.05) is 5.92 Å². The summed E-state index contributed by atoms with van der Waals surface area (Å²) in [6.45, 7) is 2.03. The van der Waals surface area contributed by atoms with Crippen molar-refractivity contribution in [1.29, 1.82) is 0 Å². The van der Waals surface area contributed by atoms with E-state index in [4.69, 9.17) is 16.2 Å². The zero-order valence-electron chi connectivity index (χ0n) is 11.4. The van der Waals surface area contributed by atoms with Crippen molar-refractivity contribution in [2.75, 3.05) is 12.3 Å². The van der Waals surface area contributed by atoms with Gasteiger partial charge in [-0.3, -0.25) is 4.57 Å². The van der Waals surface area contributed by atoms with E-state index in [2.05, 4.69) is 15.0 Å². The molecule has 0 aliphatic carbocycles. The number of anilines is 1. The zero-order valence-corrected chi connectivity index (χ0v) is 16.4. The van der Waals surface area contributed by atoms with Crippen molar-refractivity contribution in [3.63, 3.8) is 0 Å². The molecule has 3 rings (SSSR count). The van der Waals surface area contributed by atoms with Gasteiger partial charge in [0.05, 0.1) is 19.0 Å². The summed E-state index contributed by atoms with van der Waals surface area (Å²) in [7, 11) is 0. The molecule has 102 valence electrons. The SMILES string of the molecule is CC1CC(CO)OC1n1cnc2c([NH-])nc(N)nc21.[Rb+]. The minimum absolute atomic E-state index is 0. The van der Waals surface area contributed by atoms with Gasteiger partial charge in [-0.15, -0.1) is 0 Å². The third kappa shape index (κ3) is 2.77. The van der Waals surface area contributed by atoms with Gasteiger partial charge >= 0.3 is 58.2 Å². The van der Waals surface area contributed by atoms with Gasteiger partial charge in [-0.2, -0.15) is 0 Å². The molecular formula is C11H15N6O2Rb. The first-order valence-corrected chi connectivity index (χ1v) is 6.08. The molecule has 1 fully saturated rings.